The maximum atomic E-state index is 12.7. The molecule has 0 aromatic heterocycles. The molecule has 0 saturated heterocycles. The molecule has 0 radical (unpaired) electrons. The van der Waals surface area contributed by atoms with E-state index < -0.39 is 6.04 Å². The summed E-state index contributed by atoms with van der Waals surface area (Å²) in [4.78, 5) is 24.2. The normalized spacial score (nSPS) is 12.0. The van der Waals surface area contributed by atoms with Crippen molar-refractivity contribution < 1.29 is 9.59 Å². The van der Waals surface area contributed by atoms with Gasteiger partial charge in [0.25, 0.3) is 5.91 Å². The van der Waals surface area contributed by atoms with Crippen molar-refractivity contribution in [3.05, 3.63) is 119 Å². The molecule has 4 aromatic rings. The van der Waals surface area contributed by atoms with Crippen LogP contribution in [0.15, 0.2) is 97.1 Å². The minimum Gasteiger partial charge on any atom is -0.342 e. The van der Waals surface area contributed by atoms with Crippen molar-refractivity contribution in [3.63, 3.8) is 0 Å². The molecule has 1 unspecified atom stereocenters. The van der Waals surface area contributed by atoms with E-state index in [0.29, 0.717) is 12.0 Å². The molecule has 1 atom stereocenters. The van der Waals surface area contributed by atoms with Gasteiger partial charge in [-0.15, -0.1) is 0 Å². The van der Waals surface area contributed by atoms with Gasteiger partial charge in [0, 0.05) is 5.56 Å². The lowest BCUT2D eigenvalue weighted by Gasteiger charge is -2.13. The third-order valence-corrected chi connectivity index (χ3v) is 5.17. The van der Waals surface area contributed by atoms with Gasteiger partial charge in [-0.1, -0.05) is 91.0 Å². The second-order valence-corrected chi connectivity index (χ2v) is 7.47. The third-order valence-electron chi connectivity index (χ3n) is 5.17. The van der Waals surface area contributed by atoms with Crippen LogP contribution in [-0.4, -0.2) is 18.2 Å². The average molecular weight is 405 g/mol. The van der Waals surface area contributed by atoms with Crippen LogP contribution in [0.3, 0.4) is 0 Å². The van der Waals surface area contributed by atoms with Crippen LogP contribution in [0.5, 0.6) is 0 Å². The molecule has 0 saturated carbocycles. The van der Waals surface area contributed by atoms with Crippen LogP contribution >= 0.6 is 0 Å². The van der Waals surface area contributed by atoms with E-state index >= 15 is 0 Å². The van der Waals surface area contributed by atoms with Crippen LogP contribution in [0.1, 0.15) is 27.0 Å². The molecule has 4 rings (SSSR count). The number of carbonyl (C=O) groups excluding carboxylic acids is 2. The zero-order valence-electron chi connectivity index (χ0n) is 17.1. The van der Waals surface area contributed by atoms with E-state index in [1.165, 1.54) is 10.8 Å². The Morgan fingerprint density at radius 3 is 2.23 bits per heavy atom. The zero-order valence-corrected chi connectivity index (χ0v) is 17.1. The highest BCUT2D eigenvalue weighted by molar-refractivity contribution is 5.96. The van der Waals surface area contributed by atoms with Crippen molar-refractivity contribution in [3.8, 4) is 0 Å². The summed E-state index contributed by atoms with van der Waals surface area (Å²) < 4.78 is 0. The first-order valence-electron chi connectivity index (χ1n) is 10.3. The second-order valence-electron chi connectivity index (χ2n) is 7.47. The lowest BCUT2D eigenvalue weighted by Crippen LogP contribution is -2.37. The standard InChI is InChI=1S/C28H23NO2/c30-20-27(19-21-7-2-1-3-8-21)29-28(31)26-12-6-9-22(18-26)13-14-23-15-16-24-10-4-5-11-25(24)17-23/h1-18,20,27H,19H2,(H,29,31). The van der Waals surface area contributed by atoms with Crippen molar-refractivity contribution in [1.29, 1.82) is 0 Å². The Morgan fingerprint density at radius 1 is 0.742 bits per heavy atom. The van der Waals surface area contributed by atoms with Gasteiger partial charge in [0.1, 0.15) is 6.29 Å². The Kier molecular flexibility index (Phi) is 6.34. The first-order valence-corrected chi connectivity index (χ1v) is 10.3. The molecule has 0 fully saturated rings. The molecule has 0 spiro atoms. The molecule has 4 aromatic carbocycles. The van der Waals surface area contributed by atoms with Crippen LogP contribution in [0.2, 0.25) is 0 Å². The van der Waals surface area contributed by atoms with Crippen LogP contribution in [0.4, 0.5) is 0 Å². The summed E-state index contributed by atoms with van der Waals surface area (Å²) in [6, 6.07) is 31.1. The molecule has 3 heteroatoms. The van der Waals surface area contributed by atoms with Crippen molar-refractivity contribution >= 4 is 35.1 Å². The summed E-state index contributed by atoms with van der Waals surface area (Å²) >= 11 is 0. The molecule has 0 bridgehead atoms. The highest BCUT2D eigenvalue weighted by Gasteiger charge is 2.13. The van der Waals surface area contributed by atoms with E-state index in [1.807, 2.05) is 72.8 Å². The first-order chi connectivity index (χ1) is 15.2. The fraction of sp³-hybridized carbons (Fsp3) is 0.0714. The van der Waals surface area contributed by atoms with Gasteiger partial charge in [-0.3, -0.25) is 4.79 Å². The van der Waals surface area contributed by atoms with Gasteiger partial charge >= 0.3 is 0 Å². The molecule has 1 N–H and O–H groups in total. The van der Waals surface area contributed by atoms with E-state index in [4.69, 9.17) is 0 Å². The van der Waals surface area contributed by atoms with Gasteiger partial charge in [-0.05, 0) is 52.1 Å². The van der Waals surface area contributed by atoms with Gasteiger partial charge in [-0.2, -0.15) is 0 Å². The maximum absolute atomic E-state index is 12.7. The molecule has 1 amide bonds. The molecule has 0 aliphatic rings. The van der Waals surface area contributed by atoms with Gasteiger partial charge in [-0.25, -0.2) is 0 Å². The van der Waals surface area contributed by atoms with E-state index in [0.717, 1.165) is 23.0 Å². The van der Waals surface area contributed by atoms with Gasteiger partial charge in [0.15, 0.2) is 0 Å². The summed E-state index contributed by atoms with van der Waals surface area (Å²) in [5.41, 5.74) is 3.55. The van der Waals surface area contributed by atoms with Crippen LogP contribution in [0.25, 0.3) is 22.9 Å². The Bertz CT molecular complexity index is 1230. The summed E-state index contributed by atoms with van der Waals surface area (Å²) in [5.74, 6) is -0.256. The van der Waals surface area contributed by atoms with Gasteiger partial charge in [0.05, 0.1) is 6.04 Å². The lowest BCUT2D eigenvalue weighted by molar-refractivity contribution is -0.109. The number of carbonyl (C=O) groups is 2. The lowest BCUT2D eigenvalue weighted by atomic mass is 10.0. The number of amides is 1. The highest BCUT2D eigenvalue weighted by atomic mass is 16.2. The van der Waals surface area contributed by atoms with E-state index in [2.05, 4.69) is 35.6 Å². The Hall–Kier alpha value is -3.98. The van der Waals surface area contributed by atoms with Crippen LogP contribution in [-0.2, 0) is 11.2 Å². The summed E-state index contributed by atoms with van der Waals surface area (Å²) in [5, 5.41) is 5.22. The molecule has 0 aliphatic carbocycles. The topological polar surface area (TPSA) is 46.2 Å². The Balaban J connectivity index is 1.45. The van der Waals surface area contributed by atoms with Crippen molar-refractivity contribution in [1.82, 2.24) is 5.32 Å². The second kappa shape index (κ2) is 9.68. The number of hydrogen-bond donors (Lipinski definition) is 1. The minimum atomic E-state index is -0.563. The van der Waals surface area contributed by atoms with Crippen LogP contribution < -0.4 is 5.32 Å². The molecular formula is C28H23NO2. The average Bonchev–Trinajstić information content (AvgIpc) is 2.83. The SMILES string of the molecule is O=CC(Cc1ccccc1)NC(=O)c1cccc(C=Cc2ccc3ccccc3c2)c1. The fourth-order valence-corrected chi connectivity index (χ4v) is 3.54. The molecular weight excluding hydrogens is 382 g/mol. The minimum absolute atomic E-state index is 0.256. The summed E-state index contributed by atoms with van der Waals surface area (Å²) in [6.45, 7) is 0. The van der Waals surface area contributed by atoms with Crippen LogP contribution in [0, 0.1) is 0 Å². The van der Waals surface area contributed by atoms with Gasteiger partial charge < -0.3 is 10.1 Å². The number of rotatable bonds is 7. The maximum Gasteiger partial charge on any atom is 0.251 e. The molecule has 31 heavy (non-hydrogen) atoms. The van der Waals surface area contributed by atoms with Crippen molar-refractivity contribution in [2.45, 2.75) is 12.5 Å². The van der Waals surface area contributed by atoms with Crippen molar-refractivity contribution in [2.75, 3.05) is 0 Å². The van der Waals surface area contributed by atoms with E-state index in [-0.39, 0.29) is 5.91 Å². The quantitative estimate of drug-likeness (QED) is 0.324. The Morgan fingerprint density at radius 2 is 1.45 bits per heavy atom. The molecule has 0 aliphatic heterocycles. The van der Waals surface area contributed by atoms with E-state index in [9.17, 15) is 9.59 Å². The number of nitrogens with one attached hydrogen (secondary N) is 1. The number of hydrogen-bond acceptors (Lipinski definition) is 2. The third kappa shape index (κ3) is 5.34. The monoisotopic (exact) mass is 405 g/mol. The summed E-state index contributed by atoms with van der Waals surface area (Å²) in [6.07, 6.45) is 5.28. The highest BCUT2D eigenvalue weighted by Crippen LogP contribution is 2.18. The predicted molar refractivity (Wildman–Crippen MR) is 127 cm³/mol. The number of aldehydes is 1. The first kappa shape index (κ1) is 20.3. The summed E-state index contributed by atoms with van der Waals surface area (Å²) in [7, 11) is 0. The number of benzene rings is 4. The predicted octanol–water partition coefficient (Wildman–Crippen LogP) is 5.55. The smallest absolute Gasteiger partial charge is 0.251 e. The van der Waals surface area contributed by atoms with Crippen molar-refractivity contribution in [2.24, 2.45) is 0 Å². The fourth-order valence-electron chi connectivity index (χ4n) is 3.54. The Labute approximate surface area is 182 Å². The molecule has 152 valence electrons. The largest absolute Gasteiger partial charge is 0.342 e. The molecule has 3 nitrogen and oxygen atoms in total. The number of fused-ring (bicyclic) bond motifs is 1. The van der Waals surface area contributed by atoms with E-state index in [1.54, 1.807) is 6.07 Å². The zero-order chi connectivity index (χ0) is 21.5. The molecule has 0 heterocycles. The van der Waals surface area contributed by atoms with Gasteiger partial charge in [0.2, 0.25) is 0 Å².